The highest BCUT2D eigenvalue weighted by Gasteiger charge is 2.32. The summed E-state index contributed by atoms with van der Waals surface area (Å²) in [6.45, 7) is 2.09. The number of aromatic carboxylic acids is 1. The molecular weight excluding hydrogens is 262 g/mol. The van der Waals surface area contributed by atoms with Crippen molar-refractivity contribution in [3.63, 3.8) is 0 Å². The van der Waals surface area contributed by atoms with Crippen molar-refractivity contribution in [2.45, 2.75) is 25.8 Å². The van der Waals surface area contributed by atoms with Crippen LogP contribution in [0.3, 0.4) is 0 Å². The van der Waals surface area contributed by atoms with Gasteiger partial charge in [-0.15, -0.1) is 0 Å². The number of carboxylic acid groups (broad SMARTS) is 1. The Labute approximate surface area is 124 Å². The third-order valence-electron chi connectivity index (χ3n) is 3.98. The van der Waals surface area contributed by atoms with Crippen molar-refractivity contribution < 1.29 is 9.90 Å². The Kier molecular flexibility index (Phi) is 3.65. The van der Waals surface area contributed by atoms with E-state index < -0.39 is 5.97 Å². The second-order valence-electron chi connectivity index (χ2n) is 5.75. The van der Waals surface area contributed by atoms with Gasteiger partial charge in [0.1, 0.15) is 0 Å². The molecular formula is C18H19NO2. The number of carbonyl (C=O) groups is 1. The molecule has 3 heteroatoms. The van der Waals surface area contributed by atoms with Crippen LogP contribution < -0.4 is 5.32 Å². The molecule has 0 aromatic heterocycles. The lowest BCUT2D eigenvalue weighted by Crippen LogP contribution is -2.13. The van der Waals surface area contributed by atoms with E-state index in [0.717, 1.165) is 5.69 Å². The number of hydrogen-bond acceptors (Lipinski definition) is 2. The molecule has 0 bridgehead atoms. The lowest BCUT2D eigenvalue weighted by molar-refractivity contribution is 0.0697. The summed E-state index contributed by atoms with van der Waals surface area (Å²) in [5.41, 5.74) is 3.85. The van der Waals surface area contributed by atoms with Crippen molar-refractivity contribution in [3.05, 3.63) is 65.2 Å². The number of carboxylic acids is 1. The van der Waals surface area contributed by atoms with E-state index >= 15 is 0 Å². The van der Waals surface area contributed by atoms with E-state index in [1.54, 1.807) is 12.1 Å². The molecule has 1 saturated carbocycles. The Morgan fingerprint density at radius 2 is 1.71 bits per heavy atom. The number of hydrogen-bond donors (Lipinski definition) is 2. The summed E-state index contributed by atoms with van der Waals surface area (Å²) < 4.78 is 0. The number of anilines is 1. The Balaban J connectivity index is 1.79. The predicted molar refractivity (Wildman–Crippen MR) is 83.7 cm³/mol. The average molecular weight is 281 g/mol. The van der Waals surface area contributed by atoms with Gasteiger partial charge in [0.25, 0.3) is 0 Å². The molecule has 1 unspecified atom stereocenters. The lowest BCUT2D eigenvalue weighted by Gasteiger charge is -2.20. The highest BCUT2D eigenvalue weighted by atomic mass is 16.4. The number of nitrogens with one attached hydrogen (secondary N) is 1. The van der Waals surface area contributed by atoms with Crippen LogP contribution in [0.4, 0.5) is 5.69 Å². The Morgan fingerprint density at radius 3 is 2.24 bits per heavy atom. The maximum Gasteiger partial charge on any atom is 0.335 e. The van der Waals surface area contributed by atoms with Crippen LogP contribution in [0.25, 0.3) is 0 Å². The fourth-order valence-corrected chi connectivity index (χ4v) is 2.57. The molecule has 0 aliphatic heterocycles. The summed E-state index contributed by atoms with van der Waals surface area (Å²) in [7, 11) is 0. The third-order valence-corrected chi connectivity index (χ3v) is 3.98. The van der Waals surface area contributed by atoms with Gasteiger partial charge in [-0.1, -0.05) is 29.8 Å². The molecule has 2 aromatic rings. The fraction of sp³-hybridized carbons (Fsp3) is 0.278. The summed E-state index contributed by atoms with van der Waals surface area (Å²) in [5, 5.41) is 12.5. The zero-order chi connectivity index (χ0) is 14.8. The van der Waals surface area contributed by atoms with E-state index in [2.05, 4.69) is 36.5 Å². The lowest BCUT2D eigenvalue weighted by atomic mass is 10.0. The van der Waals surface area contributed by atoms with E-state index in [-0.39, 0.29) is 0 Å². The van der Waals surface area contributed by atoms with Crippen LogP contribution in [0.5, 0.6) is 0 Å². The molecule has 3 rings (SSSR count). The summed E-state index contributed by atoms with van der Waals surface area (Å²) >= 11 is 0. The monoisotopic (exact) mass is 281 g/mol. The maximum atomic E-state index is 10.9. The van der Waals surface area contributed by atoms with Crippen LogP contribution in [0.15, 0.2) is 48.5 Å². The van der Waals surface area contributed by atoms with Crippen molar-refractivity contribution in [3.8, 4) is 0 Å². The summed E-state index contributed by atoms with van der Waals surface area (Å²) in [4.78, 5) is 10.9. The molecule has 0 radical (unpaired) electrons. The van der Waals surface area contributed by atoms with E-state index in [4.69, 9.17) is 5.11 Å². The second kappa shape index (κ2) is 5.60. The first-order chi connectivity index (χ1) is 10.1. The molecule has 1 aliphatic rings. The molecule has 0 spiro atoms. The van der Waals surface area contributed by atoms with Crippen LogP contribution in [0, 0.1) is 12.8 Å². The maximum absolute atomic E-state index is 10.9. The molecule has 1 aliphatic carbocycles. The van der Waals surface area contributed by atoms with Crippen LogP contribution >= 0.6 is 0 Å². The molecule has 108 valence electrons. The van der Waals surface area contributed by atoms with Gasteiger partial charge in [-0.05, 0) is 55.5 Å². The minimum Gasteiger partial charge on any atom is -0.478 e. The van der Waals surface area contributed by atoms with Gasteiger partial charge in [0, 0.05) is 5.69 Å². The molecule has 21 heavy (non-hydrogen) atoms. The van der Waals surface area contributed by atoms with Gasteiger partial charge in [-0.3, -0.25) is 0 Å². The highest BCUT2D eigenvalue weighted by molar-refractivity contribution is 5.88. The average Bonchev–Trinajstić information content (AvgIpc) is 3.31. The summed E-state index contributed by atoms with van der Waals surface area (Å²) in [5.74, 6) is -0.217. The van der Waals surface area contributed by atoms with Gasteiger partial charge in [-0.25, -0.2) is 4.79 Å². The standard InChI is InChI=1S/C18H19NO2/c1-12-2-4-13(5-3-12)17(14-6-7-14)19-16-10-8-15(9-11-16)18(20)21/h2-5,8-11,14,17,19H,6-7H2,1H3,(H,20,21). The minimum atomic E-state index is -0.890. The normalized spacial score (nSPS) is 15.5. The van der Waals surface area contributed by atoms with Gasteiger partial charge in [0.05, 0.1) is 11.6 Å². The van der Waals surface area contributed by atoms with E-state index in [1.165, 1.54) is 24.0 Å². The van der Waals surface area contributed by atoms with Crippen LogP contribution in [-0.4, -0.2) is 11.1 Å². The fourth-order valence-electron chi connectivity index (χ4n) is 2.57. The topological polar surface area (TPSA) is 49.3 Å². The first kappa shape index (κ1) is 13.7. The molecule has 0 heterocycles. The van der Waals surface area contributed by atoms with Gasteiger partial charge >= 0.3 is 5.97 Å². The van der Waals surface area contributed by atoms with Gasteiger partial charge in [0.2, 0.25) is 0 Å². The number of rotatable bonds is 5. The van der Waals surface area contributed by atoms with Crippen molar-refractivity contribution >= 4 is 11.7 Å². The Hall–Kier alpha value is -2.29. The van der Waals surface area contributed by atoms with Crippen molar-refractivity contribution in [2.24, 2.45) is 5.92 Å². The Bertz CT molecular complexity index is 627. The second-order valence-corrected chi connectivity index (χ2v) is 5.75. The highest BCUT2D eigenvalue weighted by Crippen LogP contribution is 2.42. The molecule has 2 N–H and O–H groups in total. The van der Waals surface area contributed by atoms with Crippen molar-refractivity contribution in [1.29, 1.82) is 0 Å². The minimum absolute atomic E-state index is 0.307. The molecule has 2 aromatic carbocycles. The number of aryl methyl sites for hydroxylation is 1. The van der Waals surface area contributed by atoms with E-state index in [0.29, 0.717) is 17.5 Å². The first-order valence-electron chi connectivity index (χ1n) is 7.30. The van der Waals surface area contributed by atoms with Crippen molar-refractivity contribution in [2.75, 3.05) is 5.32 Å². The number of benzene rings is 2. The summed E-state index contributed by atoms with van der Waals surface area (Å²) in [6, 6.07) is 15.9. The third kappa shape index (κ3) is 3.24. The largest absolute Gasteiger partial charge is 0.478 e. The van der Waals surface area contributed by atoms with Crippen LogP contribution in [0.2, 0.25) is 0 Å². The SMILES string of the molecule is Cc1ccc(C(Nc2ccc(C(=O)O)cc2)C2CC2)cc1. The zero-order valence-corrected chi connectivity index (χ0v) is 12.0. The van der Waals surface area contributed by atoms with Crippen LogP contribution in [-0.2, 0) is 0 Å². The summed E-state index contributed by atoms with van der Waals surface area (Å²) in [6.07, 6.45) is 2.50. The molecule has 1 fully saturated rings. The Morgan fingerprint density at radius 1 is 1.10 bits per heavy atom. The smallest absolute Gasteiger partial charge is 0.335 e. The predicted octanol–water partition coefficient (Wildman–Crippen LogP) is 4.26. The van der Waals surface area contributed by atoms with Gasteiger partial charge in [0.15, 0.2) is 0 Å². The molecule has 0 amide bonds. The van der Waals surface area contributed by atoms with Gasteiger partial charge in [-0.2, -0.15) is 0 Å². The first-order valence-corrected chi connectivity index (χ1v) is 7.30. The van der Waals surface area contributed by atoms with Gasteiger partial charge < -0.3 is 10.4 Å². The van der Waals surface area contributed by atoms with E-state index in [1.807, 2.05) is 12.1 Å². The quantitative estimate of drug-likeness (QED) is 0.861. The zero-order valence-electron chi connectivity index (χ0n) is 12.0. The molecule has 0 saturated heterocycles. The molecule has 3 nitrogen and oxygen atoms in total. The van der Waals surface area contributed by atoms with Crippen molar-refractivity contribution in [1.82, 2.24) is 0 Å². The molecule has 1 atom stereocenters. The van der Waals surface area contributed by atoms with Crippen LogP contribution in [0.1, 0.15) is 40.4 Å². The van der Waals surface area contributed by atoms with E-state index in [9.17, 15) is 4.79 Å².